The van der Waals surface area contributed by atoms with Crippen LogP contribution >= 0.6 is 0 Å². The second-order valence-corrected chi connectivity index (χ2v) is 6.72. The summed E-state index contributed by atoms with van der Waals surface area (Å²) in [5.41, 5.74) is 2.50. The molecule has 128 valence electrons. The highest BCUT2D eigenvalue weighted by atomic mass is 16.1. The van der Waals surface area contributed by atoms with Crippen LogP contribution in [0.4, 0.5) is 5.69 Å². The number of carbonyl (C=O) groups is 1. The third-order valence-electron chi connectivity index (χ3n) is 4.48. The van der Waals surface area contributed by atoms with Gasteiger partial charge in [0.25, 0.3) is 5.91 Å². The Bertz CT molecular complexity index is 686. The van der Waals surface area contributed by atoms with Gasteiger partial charge < -0.3 is 5.32 Å². The zero-order chi connectivity index (χ0) is 16.9. The number of amides is 1. The smallest absolute Gasteiger partial charge is 0.276 e. The molecule has 2 aromatic rings. The first-order chi connectivity index (χ1) is 11.6. The molecular weight excluding hydrogens is 300 g/mol. The summed E-state index contributed by atoms with van der Waals surface area (Å²) in [6.45, 7) is 7.25. The average molecular weight is 326 g/mol. The van der Waals surface area contributed by atoms with E-state index in [0.717, 1.165) is 30.9 Å². The molecule has 0 radical (unpaired) electrons. The number of nitrogens with zero attached hydrogens (tertiary/aromatic N) is 3. The molecule has 1 aromatic heterocycles. The Morgan fingerprint density at radius 1 is 1.17 bits per heavy atom. The van der Waals surface area contributed by atoms with Crippen LogP contribution in [-0.4, -0.2) is 33.7 Å². The predicted octanol–water partition coefficient (Wildman–Crippen LogP) is 3.70. The maximum Gasteiger partial charge on any atom is 0.276 e. The van der Waals surface area contributed by atoms with Gasteiger partial charge in [-0.05, 0) is 57.5 Å². The molecule has 1 N–H and O–H groups in total. The van der Waals surface area contributed by atoms with Gasteiger partial charge in [0.1, 0.15) is 0 Å². The normalized spacial score (nSPS) is 15.6. The van der Waals surface area contributed by atoms with E-state index < -0.39 is 0 Å². The zero-order valence-corrected chi connectivity index (χ0v) is 14.5. The van der Waals surface area contributed by atoms with Crippen molar-refractivity contribution >= 4 is 11.6 Å². The number of hydrogen-bond donors (Lipinski definition) is 1. The Hall–Kier alpha value is -2.14. The van der Waals surface area contributed by atoms with Crippen LogP contribution in [0.2, 0.25) is 0 Å². The van der Waals surface area contributed by atoms with E-state index >= 15 is 0 Å². The molecular formula is C19H26N4O. The molecule has 1 amide bonds. The topological polar surface area (TPSA) is 50.2 Å². The van der Waals surface area contributed by atoms with Crippen LogP contribution in [0.15, 0.2) is 36.5 Å². The van der Waals surface area contributed by atoms with Crippen LogP contribution in [-0.2, 0) is 6.54 Å². The summed E-state index contributed by atoms with van der Waals surface area (Å²) >= 11 is 0. The Labute approximate surface area is 143 Å². The SMILES string of the molecule is CC(C)n1ccc(C(=O)Nc2ccccc2CN2CCCCC2)n1. The van der Waals surface area contributed by atoms with Gasteiger partial charge >= 0.3 is 0 Å². The van der Waals surface area contributed by atoms with Crippen LogP contribution in [0.3, 0.4) is 0 Å². The Morgan fingerprint density at radius 2 is 1.92 bits per heavy atom. The van der Waals surface area contributed by atoms with Crippen molar-refractivity contribution in [1.29, 1.82) is 0 Å². The van der Waals surface area contributed by atoms with Crippen molar-refractivity contribution in [2.75, 3.05) is 18.4 Å². The number of aromatic nitrogens is 2. The fourth-order valence-electron chi connectivity index (χ4n) is 3.07. The van der Waals surface area contributed by atoms with E-state index in [9.17, 15) is 4.79 Å². The Morgan fingerprint density at radius 3 is 2.62 bits per heavy atom. The summed E-state index contributed by atoms with van der Waals surface area (Å²) in [6, 6.07) is 10.1. The van der Waals surface area contributed by atoms with Gasteiger partial charge in [-0.2, -0.15) is 5.10 Å². The second kappa shape index (κ2) is 7.62. The number of para-hydroxylation sites is 1. The molecule has 1 fully saturated rings. The molecule has 0 bridgehead atoms. The third kappa shape index (κ3) is 4.03. The maximum absolute atomic E-state index is 12.5. The number of nitrogens with one attached hydrogen (secondary N) is 1. The highest BCUT2D eigenvalue weighted by molar-refractivity contribution is 6.03. The third-order valence-corrected chi connectivity index (χ3v) is 4.48. The van der Waals surface area contributed by atoms with Crippen molar-refractivity contribution in [3.05, 3.63) is 47.8 Å². The van der Waals surface area contributed by atoms with Gasteiger partial charge in [0.05, 0.1) is 0 Å². The molecule has 0 atom stereocenters. The summed E-state index contributed by atoms with van der Waals surface area (Å²) in [7, 11) is 0. The van der Waals surface area contributed by atoms with Crippen molar-refractivity contribution in [2.45, 2.75) is 45.7 Å². The van der Waals surface area contributed by atoms with Gasteiger partial charge in [-0.15, -0.1) is 0 Å². The number of anilines is 1. The van der Waals surface area contributed by atoms with Crippen LogP contribution in [0.25, 0.3) is 0 Å². The maximum atomic E-state index is 12.5. The summed E-state index contributed by atoms with van der Waals surface area (Å²) in [6.07, 6.45) is 5.70. The zero-order valence-electron chi connectivity index (χ0n) is 14.5. The van der Waals surface area contributed by atoms with E-state index in [4.69, 9.17) is 0 Å². The van der Waals surface area contributed by atoms with Crippen molar-refractivity contribution in [2.24, 2.45) is 0 Å². The first kappa shape index (κ1) is 16.7. The largest absolute Gasteiger partial charge is 0.320 e. The van der Waals surface area contributed by atoms with Crippen molar-refractivity contribution in [3.8, 4) is 0 Å². The van der Waals surface area contributed by atoms with E-state index in [1.165, 1.54) is 19.3 Å². The second-order valence-electron chi connectivity index (χ2n) is 6.72. The number of hydrogen-bond acceptors (Lipinski definition) is 3. The lowest BCUT2D eigenvalue weighted by molar-refractivity contribution is 0.102. The Kier molecular flexibility index (Phi) is 5.30. The minimum absolute atomic E-state index is 0.152. The first-order valence-electron chi connectivity index (χ1n) is 8.80. The Balaban J connectivity index is 1.70. The number of rotatable bonds is 5. The molecule has 1 aliphatic rings. The molecule has 0 unspecified atom stereocenters. The molecule has 0 aliphatic carbocycles. The molecule has 1 saturated heterocycles. The summed E-state index contributed by atoms with van der Waals surface area (Å²) in [5, 5.41) is 7.37. The van der Waals surface area contributed by atoms with Crippen molar-refractivity contribution in [3.63, 3.8) is 0 Å². The minimum atomic E-state index is -0.152. The van der Waals surface area contributed by atoms with Crippen LogP contribution < -0.4 is 5.32 Å². The van der Waals surface area contributed by atoms with Crippen molar-refractivity contribution < 1.29 is 4.79 Å². The predicted molar refractivity (Wildman–Crippen MR) is 96.1 cm³/mol. The summed E-state index contributed by atoms with van der Waals surface area (Å²) < 4.78 is 1.80. The van der Waals surface area contributed by atoms with Crippen LogP contribution in [0.5, 0.6) is 0 Å². The van der Waals surface area contributed by atoms with Gasteiger partial charge in [-0.3, -0.25) is 14.4 Å². The van der Waals surface area contributed by atoms with Gasteiger partial charge in [0, 0.05) is 24.5 Å². The van der Waals surface area contributed by atoms with Gasteiger partial charge in [-0.25, -0.2) is 0 Å². The fraction of sp³-hybridized carbons (Fsp3) is 0.474. The molecule has 0 saturated carbocycles. The van der Waals surface area contributed by atoms with E-state index in [0.29, 0.717) is 5.69 Å². The molecule has 3 rings (SSSR count). The van der Waals surface area contributed by atoms with E-state index in [2.05, 4.69) is 21.4 Å². The van der Waals surface area contributed by atoms with Crippen molar-refractivity contribution in [1.82, 2.24) is 14.7 Å². The number of likely N-dealkylation sites (tertiary alicyclic amines) is 1. The van der Waals surface area contributed by atoms with Crippen LogP contribution in [0.1, 0.15) is 55.2 Å². The highest BCUT2D eigenvalue weighted by Gasteiger charge is 2.15. The molecule has 5 nitrogen and oxygen atoms in total. The number of benzene rings is 1. The lowest BCUT2D eigenvalue weighted by Gasteiger charge is -2.27. The van der Waals surface area contributed by atoms with Gasteiger partial charge in [-0.1, -0.05) is 24.6 Å². The number of piperidine rings is 1. The lowest BCUT2D eigenvalue weighted by Crippen LogP contribution is -2.29. The number of carbonyl (C=O) groups excluding carboxylic acids is 1. The molecule has 1 aromatic carbocycles. The molecule has 24 heavy (non-hydrogen) atoms. The van der Waals surface area contributed by atoms with Gasteiger partial charge in [0.2, 0.25) is 0 Å². The molecule has 0 spiro atoms. The average Bonchev–Trinajstić information content (AvgIpc) is 3.08. The minimum Gasteiger partial charge on any atom is -0.320 e. The molecule has 1 aliphatic heterocycles. The monoisotopic (exact) mass is 326 g/mol. The standard InChI is InChI=1S/C19H26N4O/c1-15(2)23-13-10-18(21-23)19(24)20-17-9-5-4-8-16(17)14-22-11-6-3-7-12-22/h4-5,8-10,13,15H,3,6-7,11-12,14H2,1-2H3,(H,20,24). The lowest BCUT2D eigenvalue weighted by atomic mass is 10.1. The van der Waals surface area contributed by atoms with Gasteiger partial charge in [0.15, 0.2) is 5.69 Å². The van der Waals surface area contributed by atoms with E-state index in [1.54, 1.807) is 10.7 Å². The van der Waals surface area contributed by atoms with E-state index in [-0.39, 0.29) is 11.9 Å². The van der Waals surface area contributed by atoms with E-state index in [1.807, 2.05) is 38.2 Å². The fourth-order valence-corrected chi connectivity index (χ4v) is 3.07. The summed E-state index contributed by atoms with van der Waals surface area (Å²) in [5.74, 6) is -0.152. The molecule has 2 heterocycles. The first-order valence-corrected chi connectivity index (χ1v) is 8.80. The molecule has 5 heteroatoms. The quantitative estimate of drug-likeness (QED) is 0.911. The highest BCUT2D eigenvalue weighted by Crippen LogP contribution is 2.20. The summed E-state index contributed by atoms with van der Waals surface area (Å²) in [4.78, 5) is 15.0. The van der Waals surface area contributed by atoms with Crippen LogP contribution in [0, 0.1) is 0 Å².